The van der Waals surface area contributed by atoms with Crippen LogP contribution in [0.5, 0.6) is 0 Å². The Hall–Kier alpha value is -0.800. The van der Waals surface area contributed by atoms with Gasteiger partial charge in [0, 0.05) is 6.54 Å². The van der Waals surface area contributed by atoms with Gasteiger partial charge in [-0.1, -0.05) is 26.7 Å². The largest absolute Gasteiger partial charge is 0.466 e. The van der Waals surface area contributed by atoms with E-state index in [2.05, 4.69) is 19.2 Å². The summed E-state index contributed by atoms with van der Waals surface area (Å²) in [5, 5.41) is 13.5. The summed E-state index contributed by atoms with van der Waals surface area (Å²) in [6.45, 7) is 7.63. The molecule has 1 aromatic heterocycles. The molecular formula is C13H23NO2. The van der Waals surface area contributed by atoms with Crippen molar-refractivity contribution in [3.63, 3.8) is 0 Å². The third-order valence-electron chi connectivity index (χ3n) is 3.11. The molecule has 0 saturated carbocycles. The van der Waals surface area contributed by atoms with E-state index in [0.717, 1.165) is 6.54 Å². The zero-order valence-electron chi connectivity index (χ0n) is 10.5. The highest BCUT2D eigenvalue weighted by Gasteiger charge is 2.25. The molecule has 0 amide bonds. The number of nitrogens with one attached hydrogen (secondary N) is 1. The fraction of sp³-hybridized carbons (Fsp3) is 0.692. The van der Waals surface area contributed by atoms with Crippen LogP contribution >= 0.6 is 0 Å². The van der Waals surface area contributed by atoms with Crippen molar-refractivity contribution in [1.82, 2.24) is 5.32 Å². The van der Waals surface area contributed by atoms with Crippen molar-refractivity contribution in [1.29, 1.82) is 0 Å². The fourth-order valence-corrected chi connectivity index (χ4v) is 1.77. The van der Waals surface area contributed by atoms with Gasteiger partial charge in [0.25, 0.3) is 0 Å². The van der Waals surface area contributed by atoms with Crippen molar-refractivity contribution < 1.29 is 9.52 Å². The van der Waals surface area contributed by atoms with Crippen LogP contribution in [0.4, 0.5) is 0 Å². The summed E-state index contributed by atoms with van der Waals surface area (Å²) in [5.74, 6) is 1.30. The minimum Gasteiger partial charge on any atom is -0.466 e. The Labute approximate surface area is 97.9 Å². The highest BCUT2D eigenvalue weighted by molar-refractivity contribution is 5.08. The second-order valence-electron chi connectivity index (χ2n) is 4.56. The summed E-state index contributed by atoms with van der Waals surface area (Å²) in [6, 6.07) is 3.60. The van der Waals surface area contributed by atoms with E-state index >= 15 is 0 Å². The monoisotopic (exact) mass is 225 g/mol. The summed E-state index contributed by atoms with van der Waals surface area (Å²) < 4.78 is 5.22. The highest BCUT2D eigenvalue weighted by Crippen LogP contribution is 2.19. The van der Waals surface area contributed by atoms with E-state index in [1.54, 1.807) is 25.3 Å². The number of aliphatic hydroxyl groups is 1. The predicted molar refractivity (Wildman–Crippen MR) is 65.2 cm³/mol. The fourth-order valence-electron chi connectivity index (χ4n) is 1.77. The van der Waals surface area contributed by atoms with Crippen LogP contribution in [0.3, 0.4) is 0 Å². The van der Waals surface area contributed by atoms with Gasteiger partial charge >= 0.3 is 0 Å². The Balaban J connectivity index is 2.37. The van der Waals surface area contributed by atoms with Crippen molar-refractivity contribution in [3.05, 3.63) is 24.2 Å². The molecule has 0 radical (unpaired) electrons. The third kappa shape index (κ3) is 3.65. The molecule has 3 nitrogen and oxygen atoms in total. The molecule has 16 heavy (non-hydrogen) atoms. The molecule has 92 valence electrons. The molecule has 0 bridgehead atoms. The summed E-state index contributed by atoms with van der Waals surface area (Å²) in [5.41, 5.74) is -0.921. The Morgan fingerprint density at radius 2 is 2.12 bits per heavy atom. The number of hydrogen-bond donors (Lipinski definition) is 2. The lowest BCUT2D eigenvalue weighted by atomic mass is 10.0. The quantitative estimate of drug-likeness (QED) is 0.749. The Kier molecular flexibility index (Phi) is 5.03. The number of rotatable bonds is 7. The topological polar surface area (TPSA) is 45.4 Å². The zero-order chi connectivity index (χ0) is 12.0. The van der Waals surface area contributed by atoms with E-state index in [0.29, 0.717) is 18.2 Å². The second-order valence-corrected chi connectivity index (χ2v) is 4.56. The zero-order valence-corrected chi connectivity index (χ0v) is 10.5. The first-order chi connectivity index (χ1) is 7.60. The third-order valence-corrected chi connectivity index (χ3v) is 3.11. The first-order valence-electron chi connectivity index (χ1n) is 6.07. The molecule has 0 fully saturated rings. The Morgan fingerprint density at radius 3 is 2.62 bits per heavy atom. The summed E-state index contributed by atoms with van der Waals surface area (Å²) >= 11 is 0. The van der Waals surface area contributed by atoms with Gasteiger partial charge in [0.15, 0.2) is 0 Å². The molecule has 0 aromatic carbocycles. The van der Waals surface area contributed by atoms with Gasteiger partial charge in [-0.05, 0) is 31.5 Å². The first kappa shape index (κ1) is 13.3. The van der Waals surface area contributed by atoms with Crippen LogP contribution in [-0.4, -0.2) is 18.2 Å². The maximum Gasteiger partial charge on any atom is 0.136 e. The molecule has 0 unspecified atom stereocenters. The molecule has 3 heteroatoms. The normalized spacial score (nSPS) is 15.3. The van der Waals surface area contributed by atoms with Crippen LogP contribution in [0.2, 0.25) is 0 Å². The van der Waals surface area contributed by atoms with Crippen molar-refractivity contribution in [2.75, 3.05) is 13.1 Å². The SMILES string of the molecule is CCC(CC)CNC[C@](C)(O)c1ccco1. The average molecular weight is 225 g/mol. The van der Waals surface area contributed by atoms with E-state index in [4.69, 9.17) is 4.42 Å². The van der Waals surface area contributed by atoms with Gasteiger partial charge < -0.3 is 14.8 Å². The number of hydrogen-bond acceptors (Lipinski definition) is 3. The molecule has 1 aromatic rings. The summed E-state index contributed by atoms with van der Waals surface area (Å²) in [7, 11) is 0. The molecule has 0 aliphatic rings. The van der Waals surface area contributed by atoms with Crippen LogP contribution in [-0.2, 0) is 5.60 Å². The van der Waals surface area contributed by atoms with Crippen molar-refractivity contribution in [2.24, 2.45) is 5.92 Å². The molecule has 1 atom stereocenters. The molecule has 0 spiro atoms. The molecular weight excluding hydrogens is 202 g/mol. The molecule has 0 aliphatic heterocycles. The van der Waals surface area contributed by atoms with Crippen LogP contribution in [0.25, 0.3) is 0 Å². The van der Waals surface area contributed by atoms with Crippen LogP contribution in [0, 0.1) is 5.92 Å². The van der Waals surface area contributed by atoms with E-state index in [1.165, 1.54) is 12.8 Å². The Morgan fingerprint density at radius 1 is 1.44 bits per heavy atom. The van der Waals surface area contributed by atoms with Crippen molar-refractivity contribution >= 4 is 0 Å². The van der Waals surface area contributed by atoms with E-state index in [1.807, 2.05) is 0 Å². The maximum absolute atomic E-state index is 10.2. The van der Waals surface area contributed by atoms with Crippen LogP contribution in [0.1, 0.15) is 39.4 Å². The Bertz CT molecular complexity index is 276. The standard InChI is InChI=1S/C13H23NO2/c1-4-11(5-2)9-14-10-13(3,15)12-7-6-8-16-12/h6-8,11,14-15H,4-5,9-10H2,1-3H3/t13-/m0/s1. The average Bonchev–Trinajstić information content (AvgIpc) is 2.78. The minimum atomic E-state index is -0.921. The van der Waals surface area contributed by atoms with Crippen LogP contribution in [0.15, 0.2) is 22.8 Å². The molecule has 1 heterocycles. The lowest BCUT2D eigenvalue weighted by Gasteiger charge is -2.23. The highest BCUT2D eigenvalue weighted by atomic mass is 16.4. The van der Waals surface area contributed by atoms with E-state index in [9.17, 15) is 5.11 Å². The smallest absolute Gasteiger partial charge is 0.136 e. The second kappa shape index (κ2) is 6.06. The van der Waals surface area contributed by atoms with Gasteiger partial charge in [-0.3, -0.25) is 0 Å². The summed E-state index contributed by atoms with van der Waals surface area (Å²) in [4.78, 5) is 0. The predicted octanol–water partition coefficient (Wildman–Crippen LogP) is 2.51. The number of furan rings is 1. The molecule has 0 aliphatic carbocycles. The van der Waals surface area contributed by atoms with Gasteiger partial charge in [0.2, 0.25) is 0 Å². The van der Waals surface area contributed by atoms with Crippen LogP contribution < -0.4 is 5.32 Å². The lowest BCUT2D eigenvalue weighted by Crippen LogP contribution is -2.37. The van der Waals surface area contributed by atoms with Crippen molar-refractivity contribution in [3.8, 4) is 0 Å². The van der Waals surface area contributed by atoms with Gasteiger partial charge in [0.1, 0.15) is 11.4 Å². The molecule has 0 saturated heterocycles. The molecule has 1 rings (SSSR count). The van der Waals surface area contributed by atoms with Gasteiger partial charge in [-0.15, -0.1) is 0 Å². The molecule has 2 N–H and O–H groups in total. The van der Waals surface area contributed by atoms with Crippen molar-refractivity contribution in [2.45, 2.75) is 39.2 Å². The van der Waals surface area contributed by atoms with E-state index in [-0.39, 0.29) is 0 Å². The van der Waals surface area contributed by atoms with Gasteiger partial charge in [-0.25, -0.2) is 0 Å². The lowest BCUT2D eigenvalue weighted by molar-refractivity contribution is 0.0334. The van der Waals surface area contributed by atoms with Gasteiger partial charge in [-0.2, -0.15) is 0 Å². The minimum absolute atomic E-state index is 0.525. The van der Waals surface area contributed by atoms with Gasteiger partial charge in [0.05, 0.1) is 6.26 Å². The van der Waals surface area contributed by atoms with E-state index < -0.39 is 5.60 Å². The maximum atomic E-state index is 10.2. The summed E-state index contributed by atoms with van der Waals surface area (Å²) in [6.07, 6.45) is 3.93. The first-order valence-corrected chi connectivity index (χ1v) is 6.07.